The van der Waals surface area contributed by atoms with Gasteiger partial charge in [-0.15, -0.1) is 0 Å². The van der Waals surface area contributed by atoms with Crippen LogP contribution >= 0.6 is 39.1 Å². The molecule has 2 amide bonds. The van der Waals surface area contributed by atoms with E-state index in [0.717, 1.165) is 16.0 Å². The molecule has 37 heavy (non-hydrogen) atoms. The fourth-order valence-electron chi connectivity index (χ4n) is 5.75. The molecule has 0 unspecified atom stereocenters. The molecule has 0 spiro atoms. The third-order valence-electron chi connectivity index (χ3n) is 7.32. The Morgan fingerprint density at radius 1 is 0.973 bits per heavy atom. The van der Waals surface area contributed by atoms with Gasteiger partial charge in [0.1, 0.15) is 11.8 Å². The Morgan fingerprint density at radius 2 is 1.73 bits per heavy atom. The number of halogens is 3. The van der Waals surface area contributed by atoms with Crippen molar-refractivity contribution in [1.29, 1.82) is 0 Å². The summed E-state index contributed by atoms with van der Waals surface area (Å²) in [6.45, 7) is 0. The molecule has 0 bridgehead atoms. The van der Waals surface area contributed by atoms with Crippen molar-refractivity contribution in [2.24, 2.45) is 11.8 Å². The zero-order valence-corrected chi connectivity index (χ0v) is 22.5. The maximum Gasteiger partial charge on any atom is 0.240 e. The first-order chi connectivity index (χ1) is 17.8. The number of amides is 2. The summed E-state index contributed by atoms with van der Waals surface area (Å²) in [7, 11) is 1.54. The summed E-state index contributed by atoms with van der Waals surface area (Å²) < 4.78 is 5.93. The van der Waals surface area contributed by atoms with Crippen LogP contribution in [0.15, 0.2) is 71.3 Å². The Bertz CT molecular complexity index is 1520. The van der Waals surface area contributed by atoms with E-state index >= 15 is 0 Å². The van der Waals surface area contributed by atoms with Crippen LogP contribution in [0, 0.1) is 11.8 Å². The molecule has 186 valence electrons. The topological polar surface area (TPSA) is 66.9 Å². The second-order valence-corrected chi connectivity index (χ2v) is 10.9. The minimum atomic E-state index is -0.895. The molecule has 3 heterocycles. The molecule has 3 aliphatic heterocycles. The molecule has 0 radical (unpaired) electrons. The number of ketones is 1. The highest BCUT2D eigenvalue weighted by molar-refractivity contribution is 9.10. The number of fused-ring (bicyclic) bond motifs is 5. The van der Waals surface area contributed by atoms with Crippen LogP contribution in [0.4, 0.5) is 5.69 Å². The zero-order chi connectivity index (χ0) is 26.0. The maximum atomic E-state index is 14.1. The minimum Gasteiger partial charge on any atom is -0.496 e. The first-order valence-electron chi connectivity index (χ1n) is 11.6. The number of benzene rings is 3. The molecule has 3 aliphatic rings. The number of hydrogen-bond acceptors (Lipinski definition) is 5. The lowest BCUT2D eigenvalue weighted by atomic mass is 9.83. The molecule has 4 atom stereocenters. The lowest BCUT2D eigenvalue weighted by molar-refractivity contribution is -0.123. The Balaban J connectivity index is 1.49. The molecule has 0 aromatic heterocycles. The van der Waals surface area contributed by atoms with Gasteiger partial charge < -0.3 is 9.64 Å². The van der Waals surface area contributed by atoms with Crippen LogP contribution in [0.2, 0.25) is 10.0 Å². The molecule has 2 fully saturated rings. The third-order valence-corrected chi connectivity index (χ3v) is 8.47. The molecule has 6 rings (SSSR count). The number of hydrogen-bond donors (Lipinski definition) is 0. The number of ether oxygens (including phenoxy) is 1. The van der Waals surface area contributed by atoms with E-state index in [4.69, 9.17) is 27.9 Å². The van der Waals surface area contributed by atoms with Crippen LogP contribution in [0.1, 0.15) is 27.5 Å². The number of nitrogens with zero attached hydrogens (tertiary/aromatic N) is 2. The second-order valence-electron chi connectivity index (χ2n) is 9.15. The van der Waals surface area contributed by atoms with E-state index in [0.29, 0.717) is 20.8 Å². The average molecular weight is 598 g/mol. The monoisotopic (exact) mass is 596 g/mol. The molecule has 3 aromatic rings. The third kappa shape index (κ3) is 3.63. The van der Waals surface area contributed by atoms with Crippen molar-refractivity contribution in [2.75, 3.05) is 12.0 Å². The predicted octanol–water partition coefficient (Wildman–Crippen LogP) is 6.16. The van der Waals surface area contributed by atoms with Crippen molar-refractivity contribution in [3.63, 3.8) is 0 Å². The van der Waals surface area contributed by atoms with Gasteiger partial charge in [-0.25, -0.2) is 4.90 Å². The van der Waals surface area contributed by atoms with E-state index in [1.54, 1.807) is 37.4 Å². The van der Waals surface area contributed by atoms with E-state index in [-0.39, 0.29) is 22.4 Å². The van der Waals surface area contributed by atoms with Crippen LogP contribution in [-0.4, -0.2) is 35.6 Å². The number of imide groups is 1. The highest BCUT2D eigenvalue weighted by Gasteiger charge is 2.64. The largest absolute Gasteiger partial charge is 0.496 e. The quantitative estimate of drug-likeness (QED) is 0.266. The van der Waals surface area contributed by atoms with Crippen LogP contribution in [0.25, 0.3) is 6.08 Å². The molecule has 0 saturated carbocycles. The van der Waals surface area contributed by atoms with E-state index in [1.165, 1.54) is 6.07 Å². The van der Waals surface area contributed by atoms with Gasteiger partial charge in [0, 0.05) is 16.8 Å². The zero-order valence-electron chi connectivity index (χ0n) is 19.4. The molecule has 0 aliphatic carbocycles. The van der Waals surface area contributed by atoms with Gasteiger partial charge in [0.2, 0.25) is 11.8 Å². The summed E-state index contributed by atoms with van der Waals surface area (Å²) in [5.74, 6) is -2.17. The fraction of sp³-hybridized carbons (Fsp3) is 0.179. The minimum absolute atomic E-state index is 0.192. The predicted molar refractivity (Wildman–Crippen MR) is 145 cm³/mol. The summed E-state index contributed by atoms with van der Waals surface area (Å²) in [4.78, 5) is 45.0. The van der Waals surface area contributed by atoms with E-state index in [2.05, 4.69) is 15.9 Å². The Labute approximate surface area is 231 Å². The first kappa shape index (κ1) is 24.2. The lowest BCUT2D eigenvalue weighted by Crippen LogP contribution is -2.44. The van der Waals surface area contributed by atoms with Crippen molar-refractivity contribution in [3.8, 4) is 5.75 Å². The SMILES string of the molecule is COc1ccc(C(=O)[C@@H]2[C@@H]3C(=O)N(c4ccc(Cl)cc4Cl)C(=O)[C@@H]3[C@H]3c4ccccc4C=CN23)cc1Br. The second kappa shape index (κ2) is 9.01. The fourth-order valence-corrected chi connectivity index (χ4v) is 6.78. The van der Waals surface area contributed by atoms with Gasteiger partial charge in [-0.05, 0) is 69.5 Å². The molecular formula is C28H19BrCl2N2O4. The highest BCUT2D eigenvalue weighted by atomic mass is 79.9. The van der Waals surface area contributed by atoms with E-state index in [9.17, 15) is 14.4 Å². The molecular weight excluding hydrogens is 579 g/mol. The van der Waals surface area contributed by atoms with Crippen molar-refractivity contribution in [2.45, 2.75) is 12.1 Å². The van der Waals surface area contributed by atoms with Gasteiger partial charge in [0.15, 0.2) is 5.78 Å². The van der Waals surface area contributed by atoms with Gasteiger partial charge in [-0.2, -0.15) is 0 Å². The summed E-state index contributed by atoms with van der Waals surface area (Å²) in [5, 5.41) is 0.584. The number of Topliss-reactive ketones (excluding diaryl/α,β-unsaturated/α-hetero) is 1. The summed E-state index contributed by atoms with van der Waals surface area (Å²) in [6.07, 6.45) is 3.74. The number of anilines is 1. The smallest absolute Gasteiger partial charge is 0.240 e. The molecule has 0 N–H and O–H groups in total. The van der Waals surface area contributed by atoms with Crippen molar-refractivity contribution in [1.82, 2.24) is 4.90 Å². The molecule has 9 heteroatoms. The van der Waals surface area contributed by atoms with Crippen molar-refractivity contribution >= 4 is 68.5 Å². The summed E-state index contributed by atoms with van der Waals surface area (Å²) in [5.41, 5.74) is 2.52. The van der Waals surface area contributed by atoms with Crippen LogP contribution in [-0.2, 0) is 9.59 Å². The van der Waals surface area contributed by atoms with Gasteiger partial charge in [0.05, 0.1) is 40.2 Å². The number of rotatable bonds is 4. The van der Waals surface area contributed by atoms with Gasteiger partial charge in [-0.1, -0.05) is 47.5 Å². The van der Waals surface area contributed by atoms with Crippen molar-refractivity contribution in [3.05, 3.63) is 98.1 Å². The Kier molecular flexibility index (Phi) is 5.90. The van der Waals surface area contributed by atoms with E-state index < -0.39 is 29.8 Å². The van der Waals surface area contributed by atoms with Gasteiger partial charge in [-0.3, -0.25) is 14.4 Å². The standard InChI is InChI=1S/C28H19BrCl2N2O4/c1-37-21-9-6-15(12-18(21)29)26(34)25-23-22(24-17-5-3-2-4-14(17)10-11-32(24)25)27(35)33(28(23)36)20-8-7-16(30)13-19(20)31/h2-13,22-25H,1H3/t22-,23+,24+,25-/m0/s1. The number of carbonyl (C=O) groups excluding carboxylic acids is 3. The average Bonchev–Trinajstić information content (AvgIpc) is 3.36. The molecule has 3 aromatic carbocycles. The van der Waals surface area contributed by atoms with Gasteiger partial charge >= 0.3 is 0 Å². The highest BCUT2D eigenvalue weighted by Crippen LogP contribution is 2.54. The maximum absolute atomic E-state index is 14.1. The number of carbonyl (C=O) groups is 3. The van der Waals surface area contributed by atoms with Gasteiger partial charge in [0.25, 0.3) is 0 Å². The van der Waals surface area contributed by atoms with Crippen molar-refractivity contribution < 1.29 is 19.1 Å². The normalized spacial score (nSPS) is 23.7. The first-order valence-corrected chi connectivity index (χ1v) is 13.1. The van der Waals surface area contributed by atoms with Crippen LogP contribution < -0.4 is 9.64 Å². The Hall–Kier alpha value is -3.13. The molecule has 2 saturated heterocycles. The van der Waals surface area contributed by atoms with Crippen LogP contribution in [0.5, 0.6) is 5.75 Å². The lowest BCUT2D eigenvalue weighted by Gasteiger charge is -2.35. The number of methoxy groups -OCH3 is 1. The van der Waals surface area contributed by atoms with E-state index in [1.807, 2.05) is 41.4 Å². The Morgan fingerprint density at radius 3 is 2.46 bits per heavy atom. The van der Waals surface area contributed by atoms with Crippen LogP contribution in [0.3, 0.4) is 0 Å². The summed E-state index contributed by atoms with van der Waals surface area (Å²) >= 11 is 15.9. The molecule has 6 nitrogen and oxygen atoms in total. The summed E-state index contributed by atoms with van der Waals surface area (Å²) in [6, 6.07) is 16.1.